The molecule has 1 atom stereocenters. The first-order valence-electron chi connectivity index (χ1n) is 6.03. The maximum Gasteiger partial charge on any atom is 0.134 e. The maximum atomic E-state index is 10.9. The molecule has 94 valence electrons. The summed E-state index contributed by atoms with van der Waals surface area (Å²) in [7, 11) is 3.49. The van der Waals surface area contributed by atoms with Crippen LogP contribution >= 0.6 is 0 Å². The fourth-order valence-corrected chi connectivity index (χ4v) is 2.64. The molecular formula is C14H16N2O2. The summed E-state index contributed by atoms with van der Waals surface area (Å²) < 4.78 is 6.95. The van der Waals surface area contributed by atoms with Crippen molar-refractivity contribution in [3.8, 4) is 5.75 Å². The van der Waals surface area contributed by atoms with Crippen molar-refractivity contribution >= 4 is 0 Å². The van der Waals surface area contributed by atoms with Gasteiger partial charge in [-0.2, -0.15) is 5.10 Å². The maximum absolute atomic E-state index is 10.9. The number of hydrogen-bond donors (Lipinski definition) is 1. The van der Waals surface area contributed by atoms with Gasteiger partial charge in [-0.3, -0.25) is 4.68 Å². The van der Waals surface area contributed by atoms with Crippen LogP contribution in [0.2, 0.25) is 0 Å². The highest BCUT2D eigenvalue weighted by Gasteiger charge is 2.40. The Labute approximate surface area is 106 Å². The van der Waals surface area contributed by atoms with E-state index in [1.807, 2.05) is 37.5 Å². The number of nitrogens with zero attached hydrogens (tertiary/aromatic N) is 2. The van der Waals surface area contributed by atoms with Gasteiger partial charge >= 0.3 is 0 Å². The van der Waals surface area contributed by atoms with Gasteiger partial charge in [-0.15, -0.1) is 0 Å². The molecule has 0 aliphatic heterocycles. The SMILES string of the molecule is COc1ccc2c(c1)C(O)(c1ccn(C)n1)CC2. The van der Waals surface area contributed by atoms with Gasteiger partial charge in [0.1, 0.15) is 11.4 Å². The van der Waals surface area contributed by atoms with E-state index in [1.165, 1.54) is 5.56 Å². The van der Waals surface area contributed by atoms with E-state index in [-0.39, 0.29) is 0 Å². The Kier molecular flexibility index (Phi) is 2.41. The lowest BCUT2D eigenvalue weighted by atomic mass is 9.92. The average Bonchev–Trinajstić information content (AvgIpc) is 2.95. The zero-order valence-electron chi connectivity index (χ0n) is 10.6. The molecule has 4 heteroatoms. The molecule has 1 unspecified atom stereocenters. The van der Waals surface area contributed by atoms with E-state index in [1.54, 1.807) is 11.8 Å². The molecule has 18 heavy (non-hydrogen) atoms. The van der Waals surface area contributed by atoms with Crippen molar-refractivity contribution < 1.29 is 9.84 Å². The highest BCUT2D eigenvalue weighted by Crippen LogP contribution is 2.42. The first-order chi connectivity index (χ1) is 8.63. The lowest BCUT2D eigenvalue weighted by molar-refractivity contribution is 0.0774. The van der Waals surface area contributed by atoms with Crippen LogP contribution in [0.5, 0.6) is 5.75 Å². The Hall–Kier alpha value is -1.81. The second-order valence-electron chi connectivity index (χ2n) is 4.76. The second-order valence-corrected chi connectivity index (χ2v) is 4.76. The summed E-state index contributed by atoms with van der Waals surface area (Å²) in [6.45, 7) is 0. The predicted octanol–water partition coefficient (Wildman–Crippen LogP) is 1.61. The summed E-state index contributed by atoms with van der Waals surface area (Å²) in [5, 5.41) is 15.3. The molecular weight excluding hydrogens is 228 g/mol. The van der Waals surface area contributed by atoms with E-state index < -0.39 is 5.60 Å². The van der Waals surface area contributed by atoms with Crippen LogP contribution in [0.15, 0.2) is 30.5 Å². The molecule has 1 heterocycles. The van der Waals surface area contributed by atoms with E-state index in [4.69, 9.17) is 4.74 Å². The molecule has 0 spiro atoms. The van der Waals surface area contributed by atoms with E-state index in [0.717, 1.165) is 17.7 Å². The van der Waals surface area contributed by atoms with Gasteiger partial charge in [0.25, 0.3) is 0 Å². The molecule has 0 saturated heterocycles. The van der Waals surface area contributed by atoms with E-state index >= 15 is 0 Å². The second kappa shape index (κ2) is 3.85. The molecule has 1 aromatic heterocycles. The minimum absolute atomic E-state index is 0.673. The van der Waals surface area contributed by atoms with Crippen LogP contribution in [0.25, 0.3) is 0 Å². The molecule has 2 aromatic rings. The standard InChI is InChI=1S/C14H16N2O2/c1-16-8-6-13(15-16)14(17)7-5-10-3-4-11(18-2)9-12(10)14/h3-4,6,8-9,17H,5,7H2,1-2H3. The van der Waals surface area contributed by atoms with Gasteiger partial charge in [0.05, 0.1) is 12.8 Å². The molecule has 0 saturated carbocycles. The third-order valence-corrected chi connectivity index (χ3v) is 3.66. The summed E-state index contributed by atoms with van der Waals surface area (Å²) >= 11 is 0. The molecule has 1 aromatic carbocycles. The smallest absolute Gasteiger partial charge is 0.134 e. The molecule has 3 rings (SSSR count). The average molecular weight is 244 g/mol. The Morgan fingerprint density at radius 2 is 2.22 bits per heavy atom. The number of benzene rings is 1. The number of fused-ring (bicyclic) bond motifs is 1. The van der Waals surface area contributed by atoms with Crippen molar-refractivity contribution in [3.05, 3.63) is 47.3 Å². The van der Waals surface area contributed by atoms with Crippen LogP contribution in [0.3, 0.4) is 0 Å². The van der Waals surface area contributed by atoms with Crippen molar-refractivity contribution in [2.75, 3.05) is 7.11 Å². The molecule has 1 aliphatic rings. The van der Waals surface area contributed by atoms with Gasteiger partial charge in [-0.05, 0) is 42.2 Å². The van der Waals surface area contributed by atoms with Gasteiger partial charge in [0.2, 0.25) is 0 Å². The number of rotatable bonds is 2. The van der Waals surface area contributed by atoms with Gasteiger partial charge in [-0.1, -0.05) is 6.07 Å². The van der Waals surface area contributed by atoms with Crippen molar-refractivity contribution in [1.29, 1.82) is 0 Å². The Morgan fingerprint density at radius 3 is 2.89 bits per heavy atom. The van der Waals surface area contributed by atoms with Crippen molar-refractivity contribution in [2.45, 2.75) is 18.4 Å². The van der Waals surface area contributed by atoms with E-state index in [2.05, 4.69) is 5.10 Å². The lowest BCUT2D eigenvalue weighted by Crippen LogP contribution is -2.24. The number of aromatic nitrogens is 2. The third-order valence-electron chi connectivity index (χ3n) is 3.66. The Balaban J connectivity index is 2.12. The predicted molar refractivity (Wildman–Crippen MR) is 67.5 cm³/mol. The number of aryl methyl sites for hydroxylation is 2. The van der Waals surface area contributed by atoms with Gasteiger partial charge in [0, 0.05) is 13.2 Å². The summed E-state index contributed by atoms with van der Waals surface area (Å²) in [5.41, 5.74) is 1.81. The molecule has 0 fully saturated rings. The van der Waals surface area contributed by atoms with Crippen LogP contribution in [-0.4, -0.2) is 22.0 Å². The normalized spacial score (nSPS) is 21.9. The van der Waals surface area contributed by atoms with Crippen LogP contribution in [0, 0.1) is 0 Å². The zero-order valence-corrected chi connectivity index (χ0v) is 10.6. The number of methoxy groups -OCH3 is 1. The number of aliphatic hydroxyl groups is 1. The zero-order chi connectivity index (χ0) is 12.8. The first kappa shape index (κ1) is 11.3. The fourth-order valence-electron chi connectivity index (χ4n) is 2.64. The highest BCUT2D eigenvalue weighted by molar-refractivity contribution is 5.46. The fraction of sp³-hybridized carbons (Fsp3) is 0.357. The van der Waals surface area contributed by atoms with E-state index in [9.17, 15) is 5.11 Å². The van der Waals surface area contributed by atoms with Crippen molar-refractivity contribution in [3.63, 3.8) is 0 Å². The number of ether oxygens (including phenoxy) is 1. The largest absolute Gasteiger partial charge is 0.497 e. The summed E-state index contributed by atoms with van der Waals surface area (Å²) in [6, 6.07) is 7.74. The summed E-state index contributed by atoms with van der Waals surface area (Å²) in [5.74, 6) is 0.769. The summed E-state index contributed by atoms with van der Waals surface area (Å²) in [6.07, 6.45) is 3.39. The van der Waals surface area contributed by atoms with Crippen LogP contribution in [0.4, 0.5) is 0 Å². The first-order valence-corrected chi connectivity index (χ1v) is 6.03. The van der Waals surface area contributed by atoms with Gasteiger partial charge in [0.15, 0.2) is 0 Å². The molecule has 1 aliphatic carbocycles. The van der Waals surface area contributed by atoms with Crippen LogP contribution < -0.4 is 4.74 Å². The van der Waals surface area contributed by atoms with E-state index in [0.29, 0.717) is 12.1 Å². The Bertz CT molecular complexity index is 591. The molecule has 4 nitrogen and oxygen atoms in total. The van der Waals surface area contributed by atoms with Crippen LogP contribution in [0.1, 0.15) is 23.2 Å². The van der Waals surface area contributed by atoms with Crippen molar-refractivity contribution in [1.82, 2.24) is 9.78 Å². The minimum atomic E-state index is -0.981. The topological polar surface area (TPSA) is 47.3 Å². The molecule has 1 N–H and O–H groups in total. The quantitative estimate of drug-likeness (QED) is 0.873. The summed E-state index contributed by atoms with van der Waals surface area (Å²) in [4.78, 5) is 0. The van der Waals surface area contributed by atoms with Crippen molar-refractivity contribution in [2.24, 2.45) is 7.05 Å². The van der Waals surface area contributed by atoms with Crippen LogP contribution in [-0.2, 0) is 19.1 Å². The molecule has 0 bridgehead atoms. The monoisotopic (exact) mass is 244 g/mol. The highest BCUT2D eigenvalue weighted by atomic mass is 16.5. The van der Waals surface area contributed by atoms with Gasteiger partial charge in [-0.25, -0.2) is 0 Å². The molecule has 0 amide bonds. The molecule has 0 radical (unpaired) electrons. The minimum Gasteiger partial charge on any atom is -0.497 e. The lowest BCUT2D eigenvalue weighted by Gasteiger charge is -2.22. The van der Waals surface area contributed by atoms with Gasteiger partial charge < -0.3 is 9.84 Å². The Morgan fingerprint density at radius 1 is 1.39 bits per heavy atom. The number of hydrogen-bond acceptors (Lipinski definition) is 3. The third kappa shape index (κ3) is 1.53.